The zero-order chi connectivity index (χ0) is 17.1. The average Bonchev–Trinajstić information content (AvgIpc) is 3.03. The minimum atomic E-state index is -0.0811. The van der Waals surface area contributed by atoms with Crippen LogP contribution in [-0.4, -0.2) is 18.5 Å². The standard InChI is InChI=1S/C21H26N2O/c1-4-19(17-11-9-15(2)10-12-17)22-16(3)21(24)23-14-13-18-7-5-6-8-20(18)23/h5-12,16,19,22H,4,13-14H2,1-3H3/p+1/t16-,19-/m0/s1. The molecule has 1 aliphatic rings. The van der Waals surface area contributed by atoms with E-state index in [1.807, 2.05) is 24.0 Å². The van der Waals surface area contributed by atoms with Crippen LogP contribution in [0.1, 0.15) is 43.0 Å². The number of nitrogens with zero attached hydrogens (tertiary/aromatic N) is 1. The Labute approximate surface area is 144 Å². The molecule has 0 bridgehead atoms. The summed E-state index contributed by atoms with van der Waals surface area (Å²) in [4.78, 5) is 14.9. The minimum Gasteiger partial charge on any atom is -0.330 e. The van der Waals surface area contributed by atoms with Gasteiger partial charge < -0.3 is 10.2 Å². The topological polar surface area (TPSA) is 36.9 Å². The van der Waals surface area contributed by atoms with E-state index in [1.165, 1.54) is 16.7 Å². The SMILES string of the molecule is CC[C@H]([NH2+][C@@H](C)C(=O)N1CCc2ccccc21)c1ccc(C)cc1. The lowest BCUT2D eigenvalue weighted by molar-refractivity contribution is -0.713. The third kappa shape index (κ3) is 3.36. The Bertz CT molecular complexity index is 708. The maximum absolute atomic E-state index is 12.9. The molecule has 2 aromatic carbocycles. The molecule has 3 heteroatoms. The number of hydrogen-bond acceptors (Lipinski definition) is 1. The molecule has 2 N–H and O–H groups in total. The molecule has 1 heterocycles. The van der Waals surface area contributed by atoms with Crippen LogP contribution >= 0.6 is 0 Å². The van der Waals surface area contributed by atoms with Gasteiger partial charge in [-0.05, 0) is 31.9 Å². The molecule has 0 saturated carbocycles. The number of fused-ring (bicyclic) bond motifs is 1. The van der Waals surface area contributed by atoms with Crippen molar-refractivity contribution < 1.29 is 10.1 Å². The number of hydrogen-bond donors (Lipinski definition) is 1. The van der Waals surface area contributed by atoms with E-state index < -0.39 is 0 Å². The second-order valence-corrected chi connectivity index (χ2v) is 6.78. The Morgan fingerprint density at radius 3 is 2.58 bits per heavy atom. The molecule has 2 aromatic rings. The molecule has 2 atom stereocenters. The fourth-order valence-electron chi connectivity index (χ4n) is 3.54. The van der Waals surface area contributed by atoms with Crippen molar-refractivity contribution in [3.8, 4) is 0 Å². The van der Waals surface area contributed by atoms with Crippen molar-refractivity contribution in [2.24, 2.45) is 0 Å². The number of amides is 1. The first kappa shape index (κ1) is 16.7. The summed E-state index contributed by atoms with van der Waals surface area (Å²) in [7, 11) is 0. The minimum absolute atomic E-state index is 0.0811. The van der Waals surface area contributed by atoms with Crippen molar-refractivity contribution >= 4 is 11.6 Å². The lowest BCUT2D eigenvalue weighted by Crippen LogP contribution is -2.92. The van der Waals surface area contributed by atoms with Gasteiger partial charge in [0.25, 0.3) is 5.91 Å². The van der Waals surface area contributed by atoms with Gasteiger partial charge in [0.1, 0.15) is 6.04 Å². The summed E-state index contributed by atoms with van der Waals surface area (Å²) >= 11 is 0. The third-order valence-corrected chi connectivity index (χ3v) is 5.01. The number of carbonyl (C=O) groups is 1. The molecular formula is C21H27N2O+. The molecule has 1 amide bonds. The fourth-order valence-corrected chi connectivity index (χ4v) is 3.54. The van der Waals surface area contributed by atoms with Gasteiger partial charge in [0, 0.05) is 24.2 Å². The summed E-state index contributed by atoms with van der Waals surface area (Å²) in [6, 6.07) is 17.1. The first-order valence-electron chi connectivity index (χ1n) is 8.91. The van der Waals surface area contributed by atoms with E-state index >= 15 is 0 Å². The van der Waals surface area contributed by atoms with Gasteiger partial charge >= 0.3 is 0 Å². The molecule has 3 rings (SSSR count). The predicted molar refractivity (Wildman–Crippen MR) is 98.1 cm³/mol. The van der Waals surface area contributed by atoms with Crippen LogP contribution in [0.15, 0.2) is 48.5 Å². The van der Waals surface area contributed by atoms with E-state index in [9.17, 15) is 4.79 Å². The molecule has 0 unspecified atom stereocenters. The van der Waals surface area contributed by atoms with Gasteiger partial charge in [-0.1, -0.05) is 55.0 Å². The monoisotopic (exact) mass is 323 g/mol. The van der Waals surface area contributed by atoms with Crippen LogP contribution in [0.4, 0.5) is 5.69 Å². The molecule has 0 aromatic heterocycles. The quantitative estimate of drug-likeness (QED) is 0.902. The van der Waals surface area contributed by atoms with E-state index in [0.29, 0.717) is 6.04 Å². The van der Waals surface area contributed by atoms with Crippen molar-refractivity contribution in [1.29, 1.82) is 0 Å². The van der Waals surface area contributed by atoms with Gasteiger partial charge in [-0.2, -0.15) is 0 Å². The highest BCUT2D eigenvalue weighted by molar-refractivity contribution is 5.97. The van der Waals surface area contributed by atoms with E-state index in [2.05, 4.69) is 55.6 Å². The highest BCUT2D eigenvalue weighted by Gasteiger charge is 2.31. The number of carbonyl (C=O) groups excluding carboxylic acids is 1. The summed E-state index contributed by atoms with van der Waals surface area (Å²) in [6.45, 7) is 7.12. The number of anilines is 1. The maximum atomic E-state index is 12.9. The lowest BCUT2D eigenvalue weighted by atomic mass is 10.0. The highest BCUT2D eigenvalue weighted by atomic mass is 16.2. The number of aryl methyl sites for hydroxylation is 1. The van der Waals surface area contributed by atoms with Gasteiger partial charge in [0.2, 0.25) is 0 Å². The van der Waals surface area contributed by atoms with E-state index in [1.54, 1.807) is 0 Å². The smallest absolute Gasteiger partial charge is 0.284 e. The zero-order valence-electron chi connectivity index (χ0n) is 14.8. The van der Waals surface area contributed by atoms with Gasteiger partial charge in [-0.25, -0.2) is 0 Å². The van der Waals surface area contributed by atoms with Crippen LogP contribution in [0.3, 0.4) is 0 Å². The van der Waals surface area contributed by atoms with Crippen molar-refractivity contribution in [2.45, 2.75) is 45.7 Å². The first-order valence-corrected chi connectivity index (χ1v) is 8.91. The number of quaternary nitrogens is 1. The van der Waals surface area contributed by atoms with Crippen molar-refractivity contribution in [3.05, 3.63) is 65.2 Å². The average molecular weight is 323 g/mol. The molecule has 0 fully saturated rings. The largest absolute Gasteiger partial charge is 0.330 e. The Hall–Kier alpha value is -2.13. The van der Waals surface area contributed by atoms with Crippen molar-refractivity contribution in [1.82, 2.24) is 0 Å². The van der Waals surface area contributed by atoms with Crippen LogP contribution in [0, 0.1) is 6.92 Å². The van der Waals surface area contributed by atoms with Gasteiger partial charge in [-0.15, -0.1) is 0 Å². The van der Waals surface area contributed by atoms with Gasteiger partial charge in [0.15, 0.2) is 6.04 Å². The molecule has 0 spiro atoms. The Morgan fingerprint density at radius 2 is 1.88 bits per heavy atom. The molecule has 24 heavy (non-hydrogen) atoms. The van der Waals surface area contributed by atoms with Crippen LogP contribution in [0.2, 0.25) is 0 Å². The molecule has 3 nitrogen and oxygen atoms in total. The highest BCUT2D eigenvalue weighted by Crippen LogP contribution is 2.27. The summed E-state index contributed by atoms with van der Waals surface area (Å²) in [5.74, 6) is 0.213. The molecule has 1 aliphatic heterocycles. The number of rotatable bonds is 5. The molecule has 0 saturated heterocycles. The van der Waals surface area contributed by atoms with E-state index in [0.717, 1.165) is 25.1 Å². The number of para-hydroxylation sites is 1. The van der Waals surface area contributed by atoms with Crippen LogP contribution in [0.25, 0.3) is 0 Å². The van der Waals surface area contributed by atoms with Gasteiger partial charge in [-0.3, -0.25) is 4.79 Å². The summed E-state index contributed by atoms with van der Waals surface area (Å²) in [6.07, 6.45) is 1.97. The van der Waals surface area contributed by atoms with E-state index in [-0.39, 0.29) is 11.9 Å². The van der Waals surface area contributed by atoms with Crippen LogP contribution in [-0.2, 0) is 11.2 Å². The van der Waals surface area contributed by atoms with Crippen LogP contribution in [0.5, 0.6) is 0 Å². The fraction of sp³-hybridized carbons (Fsp3) is 0.381. The summed E-state index contributed by atoms with van der Waals surface area (Å²) in [5.41, 5.74) is 4.94. The third-order valence-electron chi connectivity index (χ3n) is 5.01. The lowest BCUT2D eigenvalue weighted by Gasteiger charge is -2.24. The molecule has 126 valence electrons. The zero-order valence-corrected chi connectivity index (χ0v) is 14.8. The molecular weight excluding hydrogens is 296 g/mol. The maximum Gasteiger partial charge on any atom is 0.284 e. The summed E-state index contributed by atoms with van der Waals surface area (Å²) < 4.78 is 0. The number of nitrogens with two attached hydrogens (primary N) is 1. The van der Waals surface area contributed by atoms with Gasteiger partial charge in [0.05, 0.1) is 0 Å². The molecule has 0 aliphatic carbocycles. The Balaban J connectivity index is 1.71. The van der Waals surface area contributed by atoms with Crippen molar-refractivity contribution in [2.75, 3.05) is 11.4 Å². The van der Waals surface area contributed by atoms with Crippen LogP contribution < -0.4 is 10.2 Å². The Morgan fingerprint density at radius 1 is 1.17 bits per heavy atom. The van der Waals surface area contributed by atoms with E-state index in [4.69, 9.17) is 0 Å². The normalized spacial score (nSPS) is 15.9. The molecule has 0 radical (unpaired) electrons. The predicted octanol–water partition coefficient (Wildman–Crippen LogP) is 2.99. The number of benzene rings is 2. The first-order chi connectivity index (χ1) is 11.6. The second-order valence-electron chi connectivity index (χ2n) is 6.78. The summed E-state index contributed by atoms with van der Waals surface area (Å²) in [5, 5.41) is 2.22. The second kappa shape index (κ2) is 7.18. The van der Waals surface area contributed by atoms with Crippen molar-refractivity contribution in [3.63, 3.8) is 0 Å². The Kier molecular flexibility index (Phi) is 5.00.